The highest BCUT2D eigenvalue weighted by atomic mass is 32.2. The molecule has 3 heterocycles. The van der Waals surface area contributed by atoms with E-state index in [1.165, 1.54) is 24.4 Å². The molecule has 3 rings (SSSR count). The van der Waals surface area contributed by atoms with Crippen molar-refractivity contribution in [3.63, 3.8) is 0 Å². The molecule has 1 aliphatic heterocycles. The zero-order chi connectivity index (χ0) is 19.1. The van der Waals surface area contributed by atoms with Crippen LogP contribution in [-0.4, -0.2) is 49.2 Å². The average molecular weight is 393 g/mol. The minimum Gasteiger partial charge on any atom is -0.458 e. The number of methoxy groups -OCH3 is 1. The third-order valence-corrected chi connectivity index (χ3v) is 6.27. The Labute approximate surface area is 148 Å². The molecule has 0 radical (unpaired) electrons. The van der Waals surface area contributed by atoms with Gasteiger partial charge in [0.2, 0.25) is 10.0 Å². The lowest BCUT2D eigenvalue weighted by Gasteiger charge is -2.30. The fourth-order valence-corrected chi connectivity index (χ4v) is 4.57. The molecule has 0 saturated carbocycles. The highest BCUT2D eigenvalue weighted by Crippen LogP contribution is 2.34. The van der Waals surface area contributed by atoms with Gasteiger partial charge >= 0.3 is 6.18 Å². The van der Waals surface area contributed by atoms with Crippen molar-refractivity contribution in [2.75, 3.05) is 20.2 Å². The number of nitrogens with zero attached hydrogens (tertiary/aromatic N) is 2. The number of rotatable bonds is 4. The zero-order valence-electron chi connectivity index (χ0n) is 14.1. The van der Waals surface area contributed by atoms with Crippen LogP contribution in [-0.2, 0) is 20.9 Å². The lowest BCUT2D eigenvalue weighted by atomic mass is 10.1. The maximum absolute atomic E-state index is 12.9. The van der Waals surface area contributed by atoms with E-state index in [2.05, 4.69) is 5.10 Å². The van der Waals surface area contributed by atoms with Crippen molar-refractivity contribution in [1.29, 1.82) is 0 Å². The van der Waals surface area contributed by atoms with Gasteiger partial charge in [-0.05, 0) is 25.8 Å². The Kier molecular flexibility index (Phi) is 4.88. The molecule has 0 spiro atoms. The predicted molar refractivity (Wildman–Crippen MR) is 84.8 cm³/mol. The van der Waals surface area contributed by atoms with Crippen molar-refractivity contribution < 1.29 is 30.7 Å². The van der Waals surface area contributed by atoms with E-state index in [0.717, 1.165) is 12.5 Å². The van der Waals surface area contributed by atoms with Crippen molar-refractivity contribution in [2.45, 2.75) is 36.9 Å². The molecule has 11 heteroatoms. The number of aryl methyl sites for hydroxylation is 1. The molecule has 144 valence electrons. The number of alkyl halides is 3. The molecule has 7 nitrogen and oxygen atoms in total. The number of sulfonamides is 1. The summed E-state index contributed by atoms with van der Waals surface area (Å²) in [4.78, 5) is -0.0826. The van der Waals surface area contributed by atoms with Crippen LogP contribution in [0.25, 0.3) is 11.5 Å². The van der Waals surface area contributed by atoms with Gasteiger partial charge < -0.3 is 9.15 Å². The molecule has 0 aromatic carbocycles. The second-order valence-electron chi connectivity index (χ2n) is 6.06. The largest absolute Gasteiger partial charge is 0.458 e. The first-order valence-corrected chi connectivity index (χ1v) is 9.33. The molecule has 0 amide bonds. The summed E-state index contributed by atoms with van der Waals surface area (Å²) < 4.78 is 75.7. The molecular weight excluding hydrogens is 375 g/mol. The summed E-state index contributed by atoms with van der Waals surface area (Å²) in [5, 5.41) is 5.44. The van der Waals surface area contributed by atoms with Crippen molar-refractivity contribution >= 4 is 10.0 Å². The molecule has 1 N–H and O–H groups in total. The molecular formula is C15H18F3N3O4S. The van der Waals surface area contributed by atoms with Crippen LogP contribution >= 0.6 is 0 Å². The lowest BCUT2D eigenvalue weighted by molar-refractivity contribution is -0.141. The molecule has 0 aliphatic carbocycles. The standard InChI is InChI=1S/C15H18F3N3O4S/c1-9-13(26(22,23)21-5-3-4-10(8-21)24-2)7-12(25-9)11-6-14(20-19-11)15(16,17)18/h6-7,10H,3-5,8H2,1-2H3,(H,19,20)/t10-/m0/s1. The van der Waals surface area contributed by atoms with E-state index in [-0.39, 0.29) is 34.8 Å². The van der Waals surface area contributed by atoms with Crippen LogP contribution in [0, 0.1) is 6.92 Å². The van der Waals surface area contributed by atoms with E-state index < -0.39 is 21.9 Å². The fraction of sp³-hybridized carbons (Fsp3) is 0.533. The highest BCUT2D eigenvalue weighted by molar-refractivity contribution is 7.89. The number of H-pyrrole nitrogens is 1. The van der Waals surface area contributed by atoms with Gasteiger partial charge in [0, 0.05) is 26.3 Å². The van der Waals surface area contributed by atoms with Crippen molar-refractivity contribution in [1.82, 2.24) is 14.5 Å². The van der Waals surface area contributed by atoms with Gasteiger partial charge in [-0.15, -0.1) is 0 Å². The first-order valence-electron chi connectivity index (χ1n) is 7.89. The maximum atomic E-state index is 12.9. The average Bonchev–Trinajstić information content (AvgIpc) is 3.21. The smallest absolute Gasteiger partial charge is 0.432 e. The Hall–Kier alpha value is -1.85. The number of nitrogens with one attached hydrogen (secondary N) is 1. The number of halogens is 3. The van der Waals surface area contributed by atoms with Gasteiger partial charge in [0.1, 0.15) is 22.0 Å². The highest BCUT2D eigenvalue weighted by Gasteiger charge is 2.35. The lowest BCUT2D eigenvalue weighted by Crippen LogP contribution is -2.42. The molecule has 2 aromatic heterocycles. The van der Waals surface area contributed by atoms with Crippen molar-refractivity contribution in [3.05, 3.63) is 23.6 Å². The molecule has 1 fully saturated rings. The van der Waals surface area contributed by atoms with Crippen LogP contribution in [0.15, 0.2) is 21.4 Å². The second kappa shape index (κ2) is 6.71. The van der Waals surface area contributed by atoms with Gasteiger partial charge in [0.25, 0.3) is 0 Å². The van der Waals surface area contributed by atoms with E-state index >= 15 is 0 Å². The summed E-state index contributed by atoms with van der Waals surface area (Å²) in [7, 11) is -2.32. The number of ether oxygens (including phenoxy) is 1. The van der Waals surface area contributed by atoms with Crippen LogP contribution in [0.2, 0.25) is 0 Å². The molecule has 1 atom stereocenters. The first-order chi connectivity index (χ1) is 12.1. The van der Waals surface area contributed by atoms with E-state index in [9.17, 15) is 21.6 Å². The van der Waals surface area contributed by atoms with E-state index in [4.69, 9.17) is 9.15 Å². The molecule has 26 heavy (non-hydrogen) atoms. The van der Waals surface area contributed by atoms with Gasteiger partial charge in [0.05, 0.1) is 6.10 Å². The number of aromatic amines is 1. The molecule has 0 unspecified atom stereocenters. The quantitative estimate of drug-likeness (QED) is 0.863. The van der Waals surface area contributed by atoms with E-state index in [1.54, 1.807) is 0 Å². The van der Waals surface area contributed by atoms with Crippen molar-refractivity contribution in [2.24, 2.45) is 0 Å². The van der Waals surface area contributed by atoms with Crippen LogP contribution < -0.4 is 0 Å². The normalized spacial score (nSPS) is 19.8. The predicted octanol–water partition coefficient (Wildman–Crippen LogP) is 2.80. The number of hydrogen-bond acceptors (Lipinski definition) is 5. The van der Waals surface area contributed by atoms with Crippen LogP contribution in [0.3, 0.4) is 0 Å². The molecule has 1 saturated heterocycles. The topological polar surface area (TPSA) is 88.4 Å². The third kappa shape index (κ3) is 3.51. The minimum atomic E-state index is -4.58. The SMILES string of the molecule is CO[C@H]1CCCN(S(=O)(=O)c2cc(-c3cc(C(F)(F)F)[nH]n3)oc2C)C1. The molecule has 0 bridgehead atoms. The van der Waals surface area contributed by atoms with E-state index in [0.29, 0.717) is 13.0 Å². The van der Waals surface area contributed by atoms with Crippen LogP contribution in [0.1, 0.15) is 24.3 Å². The van der Waals surface area contributed by atoms with Crippen molar-refractivity contribution in [3.8, 4) is 11.5 Å². The maximum Gasteiger partial charge on any atom is 0.432 e. The Balaban J connectivity index is 1.91. The second-order valence-corrected chi connectivity index (χ2v) is 7.97. The van der Waals surface area contributed by atoms with Gasteiger partial charge in [-0.25, -0.2) is 8.42 Å². The van der Waals surface area contributed by atoms with Gasteiger partial charge in [-0.3, -0.25) is 5.10 Å². The first kappa shape index (κ1) is 18.9. The Bertz CT molecular complexity index is 888. The summed E-state index contributed by atoms with van der Waals surface area (Å²) in [5.41, 5.74) is -1.15. The number of furan rings is 1. The summed E-state index contributed by atoms with van der Waals surface area (Å²) in [6.45, 7) is 2.02. The van der Waals surface area contributed by atoms with Gasteiger partial charge in [-0.1, -0.05) is 0 Å². The van der Waals surface area contributed by atoms with E-state index in [1.807, 2.05) is 5.10 Å². The van der Waals surface area contributed by atoms with Gasteiger partial charge in [0.15, 0.2) is 5.76 Å². The summed E-state index contributed by atoms with van der Waals surface area (Å²) in [6.07, 6.45) is -3.34. The van der Waals surface area contributed by atoms with Crippen LogP contribution in [0.5, 0.6) is 0 Å². The summed E-state index contributed by atoms with van der Waals surface area (Å²) in [5.74, 6) is 0.0456. The number of piperidine rings is 1. The third-order valence-electron chi connectivity index (χ3n) is 4.30. The van der Waals surface area contributed by atoms with Gasteiger partial charge in [-0.2, -0.15) is 22.6 Å². The Morgan fingerprint density at radius 3 is 2.73 bits per heavy atom. The number of aromatic nitrogens is 2. The number of hydrogen-bond donors (Lipinski definition) is 1. The minimum absolute atomic E-state index is 0.0480. The molecule has 2 aromatic rings. The Morgan fingerprint density at radius 2 is 2.12 bits per heavy atom. The fourth-order valence-electron chi connectivity index (χ4n) is 2.90. The summed E-state index contributed by atoms with van der Waals surface area (Å²) >= 11 is 0. The monoisotopic (exact) mass is 393 g/mol. The summed E-state index contributed by atoms with van der Waals surface area (Å²) in [6, 6.07) is 1.98. The Morgan fingerprint density at radius 1 is 1.38 bits per heavy atom. The zero-order valence-corrected chi connectivity index (χ0v) is 14.9. The van der Waals surface area contributed by atoms with Crippen LogP contribution in [0.4, 0.5) is 13.2 Å². The molecule has 1 aliphatic rings.